The van der Waals surface area contributed by atoms with E-state index in [2.05, 4.69) is 10.6 Å². The van der Waals surface area contributed by atoms with Crippen LogP contribution < -0.4 is 15.4 Å². The Hall–Kier alpha value is -1.78. The Morgan fingerprint density at radius 3 is 2.46 bits per heavy atom. The van der Waals surface area contributed by atoms with Crippen LogP contribution in [0.15, 0.2) is 36.4 Å². The van der Waals surface area contributed by atoms with Crippen molar-refractivity contribution in [2.45, 2.75) is 33.7 Å². The number of ether oxygens (including phenoxy) is 1. The summed E-state index contributed by atoms with van der Waals surface area (Å²) in [6.45, 7) is 8.64. The van der Waals surface area contributed by atoms with Crippen LogP contribution in [0.2, 0.25) is 5.02 Å². The molecule has 24 heavy (non-hydrogen) atoms. The summed E-state index contributed by atoms with van der Waals surface area (Å²) in [6, 6.07) is 12.0. The van der Waals surface area contributed by atoms with Gasteiger partial charge in [-0.15, -0.1) is 0 Å². The summed E-state index contributed by atoms with van der Waals surface area (Å²) in [4.78, 5) is 0. The molecule has 5 heteroatoms. The van der Waals surface area contributed by atoms with E-state index in [9.17, 15) is 0 Å². The molecule has 0 saturated carbocycles. The zero-order chi connectivity index (χ0) is 17.7. The van der Waals surface area contributed by atoms with E-state index < -0.39 is 0 Å². The molecule has 0 heterocycles. The fraction of sp³-hybridized carbons (Fsp3) is 0.316. The van der Waals surface area contributed by atoms with Crippen LogP contribution in [-0.2, 0) is 0 Å². The summed E-state index contributed by atoms with van der Waals surface area (Å²) >= 11 is 11.6. The number of anilines is 1. The normalized spacial score (nSPS) is 11.7. The lowest BCUT2D eigenvalue weighted by molar-refractivity contribution is 0.283. The molecule has 2 aromatic rings. The monoisotopic (exact) mass is 362 g/mol. The average molecular weight is 363 g/mol. The van der Waals surface area contributed by atoms with Gasteiger partial charge in [-0.3, -0.25) is 0 Å². The highest BCUT2D eigenvalue weighted by Crippen LogP contribution is 2.23. The highest BCUT2D eigenvalue weighted by Gasteiger charge is 2.09. The van der Waals surface area contributed by atoms with E-state index in [1.165, 1.54) is 0 Å². The highest BCUT2D eigenvalue weighted by molar-refractivity contribution is 7.80. The fourth-order valence-corrected chi connectivity index (χ4v) is 2.97. The Labute approximate surface area is 154 Å². The van der Waals surface area contributed by atoms with Gasteiger partial charge in [0, 0.05) is 0 Å². The number of hydrogen-bond acceptors (Lipinski definition) is 2. The van der Waals surface area contributed by atoms with Crippen LogP contribution in [0.3, 0.4) is 0 Å². The van der Waals surface area contributed by atoms with E-state index in [0.717, 1.165) is 28.1 Å². The first kappa shape index (κ1) is 18.6. The number of benzene rings is 2. The van der Waals surface area contributed by atoms with Gasteiger partial charge in [0.05, 0.1) is 16.8 Å². The maximum atomic E-state index is 6.21. The van der Waals surface area contributed by atoms with E-state index in [4.69, 9.17) is 28.6 Å². The third kappa shape index (κ3) is 5.11. The zero-order valence-corrected chi connectivity index (χ0v) is 16.0. The third-order valence-electron chi connectivity index (χ3n) is 3.64. The van der Waals surface area contributed by atoms with Gasteiger partial charge in [0.1, 0.15) is 12.4 Å². The van der Waals surface area contributed by atoms with Crippen molar-refractivity contribution in [3.05, 3.63) is 58.1 Å². The minimum atomic E-state index is 0.0632. The number of nitrogens with one attached hydrogen (secondary N) is 2. The molecular weight excluding hydrogens is 340 g/mol. The first-order valence-corrected chi connectivity index (χ1v) is 8.68. The van der Waals surface area contributed by atoms with Crippen LogP contribution >= 0.6 is 23.8 Å². The number of para-hydroxylation sites is 1. The number of hydrogen-bond donors (Lipinski definition) is 2. The topological polar surface area (TPSA) is 33.3 Å². The second kappa shape index (κ2) is 8.36. The minimum absolute atomic E-state index is 0.0632. The molecule has 0 bridgehead atoms. The largest absolute Gasteiger partial charge is 0.491 e. The van der Waals surface area contributed by atoms with Gasteiger partial charge < -0.3 is 15.4 Å². The van der Waals surface area contributed by atoms with Gasteiger partial charge in [0.2, 0.25) is 0 Å². The lowest BCUT2D eigenvalue weighted by Gasteiger charge is -2.19. The molecule has 2 aromatic carbocycles. The molecule has 0 aromatic heterocycles. The molecule has 0 aliphatic heterocycles. The van der Waals surface area contributed by atoms with Crippen LogP contribution in [0.4, 0.5) is 5.69 Å². The summed E-state index contributed by atoms with van der Waals surface area (Å²) in [6.07, 6.45) is 0. The van der Waals surface area contributed by atoms with Crippen LogP contribution in [0.5, 0.6) is 5.75 Å². The number of rotatable bonds is 5. The van der Waals surface area contributed by atoms with Crippen molar-refractivity contribution in [2.75, 3.05) is 11.9 Å². The molecule has 0 amide bonds. The van der Waals surface area contributed by atoms with E-state index in [-0.39, 0.29) is 6.04 Å². The van der Waals surface area contributed by atoms with Gasteiger partial charge >= 0.3 is 0 Å². The second-order valence-corrected chi connectivity index (χ2v) is 6.83. The van der Waals surface area contributed by atoms with Crippen molar-refractivity contribution in [1.29, 1.82) is 0 Å². The molecule has 2 N–H and O–H groups in total. The summed E-state index contributed by atoms with van der Waals surface area (Å²) in [5.74, 6) is 0.937. The third-order valence-corrected chi connectivity index (χ3v) is 4.17. The van der Waals surface area contributed by atoms with E-state index in [0.29, 0.717) is 16.7 Å². The molecular formula is C19H23ClN2OS. The van der Waals surface area contributed by atoms with Crippen LogP contribution in [0.25, 0.3) is 0 Å². The van der Waals surface area contributed by atoms with Gasteiger partial charge in [-0.05, 0) is 68.7 Å². The maximum absolute atomic E-state index is 6.21. The summed E-state index contributed by atoms with van der Waals surface area (Å²) in [5.41, 5.74) is 4.17. The quantitative estimate of drug-likeness (QED) is 0.732. The maximum Gasteiger partial charge on any atom is 0.171 e. The Bertz CT molecular complexity index is 713. The molecule has 0 fully saturated rings. The zero-order valence-electron chi connectivity index (χ0n) is 14.4. The number of thiocarbonyl (C=S) groups is 1. The molecule has 128 valence electrons. The lowest BCUT2D eigenvalue weighted by Crippen LogP contribution is -2.39. The molecule has 1 unspecified atom stereocenters. The highest BCUT2D eigenvalue weighted by atomic mass is 35.5. The number of aryl methyl sites for hydroxylation is 3. The second-order valence-electron chi connectivity index (χ2n) is 6.01. The Morgan fingerprint density at radius 2 is 1.83 bits per heavy atom. The average Bonchev–Trinajstić information content (AvgIpc) is 2.49. The van der Waals surface area contributed by atoms with Crippen molar-refractivity contribution in [1.82, 2.24) is 5.32 Å². The van der Waals surface area contributed by atoms with Crippen molar-refractivity contribution in [3.63, 3.8) is 0 Å². The van der Waals surface area contributed by atoms with Gasteiger partial charge in [-0.1, -0.05) is 35.9 Å². The minimum Gasteiger partial charge on any atom is -0.491 e. The predicted octanol–water partition coefficient (Wildman–Crippen LogP) is 5.02. The van der Waals surface area contributed by atoms with Crippen LogP contribution in [0.1, 0.15) is 23.6 Å². The molecule has 0 spiro atoms. The van der Waals surface area contributed by atoms with Gasteiger partial charge in [-0.25, -0.2) is 0 Å². The smallest absolute Gasteiger partial charge is 0.171 e. The Morgan fingerprint density at radius 1 is 1.17 bits per heavy atom. The van der Waals surface area contributed by atoms with Crippen molar-refractivity contribution < 1.29 is 4.74 Å². The molecule has 2 rings (SSSR count). The molecule has 0 aliphatic rings. The van der Waals surface area contributed by atoms with Gasteiger partial charge in [0.25, 0.3) is 0 Å². The van der Waals surface area contributed by atoms with Crippen molar-refractivity contribution >= 4 is 34.6 Å². The van der Waals surface area contributed by atoms with Crippen molar-refractivity contribution in [2.24, 2.45) is 0 Å². The Kier molecular flexibility index (Phi) is 6.46. The number of halogens is 1. The standard InChI is InChI=1S/C19H23ClN2OS/c1-12-8-9-17(16(20)10-12)22-19(24)21-15(4)11-23-18-13(2)6-5-7-14(18)3/h5-10,15H,11H2,1-4H3,(H2,21,22,24). The summed E-state index contributed by atoms with van der Waals surface area (Å²) in [5, 5.41) is 7.52. The molecule has 3 nitrogen and oxygen atoms in total. The van der Waals surface area contributed by atoms with Gasteiger partial charge in [-0.2, -0.15) is 0 Å². The molecule has 0 saturated heterocycles. The van der Waals surface area contributed by atoms with E-state index in [1.54, 1.807) is 0 Å². The van der Waals surface area contributed by atoms with Crippen LogP contribution in [-0.4, -0.2) is 17.8 Å². The first-order chi connectivity index (χ1) is 11.4. The SMILES string of the molecule is Cc1ccc(NC(=S)NC(C)COc2c(C)cccc2C)c(Cl)c1. The lowest BCUT2D eigenvalue weighted by atomic mass is 10.1. The van der Waals surface area contributed by atoms with E-state index in [1.807, 2.05) is 64.1 Å². The van der Waals surface area contributed by atoms with Crippen molar-refractivity contribution in [3.8, 4) is 5.75 Å². The summed E-state index contributed by atoms with van der Waals surface area (Å²) < 4.78 is 5.94. The molecule has 0 aliphatic carbocycles. The van der Waals surface area contributed by atoms with Crippen LogP contribution in [0, 0.1) is 20.8 Å². The fourth-order valence-electron chi connectivity index (χ4n) is 2.38. The van der Waals surface area contributed by atoms with Gasteiger partial charge in [0.15, 0.2) is 5.11 Å². The Balaban J connectivity index is 1.87. The predicted molar refractivity (Wildman–Crippen MR) is 106 cm³/mol. The molecule has 1 atom stereocenters. The summed E-state index contributed by atoms with van der Waals surface area (Å²) in [7, 11) is 0. The molecule has 0 radical (unpaired) electrons. The first-order valence-electron chi connectivity index (χ1n) is 7.89. The van der Waals surface area contributed by atoms with E-state index >= 15 is 0 Å².